The normalized spacial score (nSPS) is 19.1. The SMILES string of the molecule is Cc1ccc(C2(C)CCN(C(Cc3ccc(-c4ccccc4)cc3)C(=O)NO)C2=O)cc1. The van der Waals surface area contributed by atoms with E-state index in [9.17, 15) is 14.8 Å². The summed E-state index contributed by atoms with van der Waals surface area (Å²) in [6.45, 7) is 4.41. The maximum atomic E-state index is 13.5. The number of carbonyl (C=O) groups is 2. The number of hydrogen-bond acceptors (Lipinski definition) is 3. The lowest BCUT2D eigenvalue weighted by atomic mass is 9.81. The highest BCUT2D eigenvalue weighted by Gasteiger charge is 2.47. The van der Waals surface area contributed by atoms with Crippen molar-refractivity contribution in [2.75, 3.05) is 6.54 Å². The van der Waals surface area contributed by atoms with Gasteiger partial charge in [-0.2, -0.15) is 0 Å². The Morgan fingerprint density at radius 3 is 2.25 bits per heavy atom. The van der Waals surface area contributed by atoms with Crippen LogP contribution in [0.5, 0.6) is 0 Å². The van der Waals surface area contributed by atoms with Gasteiger partial charge >= 0.3 is 0 Å². The van der Waals surface area contributed by atoms with E-state index in [1.807, 2.05) is 92.7 Å². The quantitative estimate of drug-likeness (QED) is 0.455. The highest BCUT2D eigenvalue weighted by molar-refractivity contribution is 5.94. The van der Waals surface area contributed by atoms with Crippen LogP contribution in [0.25, 0.3) is 11.1 Å². The van der Waals surface area contributed by atoms with Gasteiger partial charge in [0.1, 0.15) is 6.04 Å². The first kappa shape index (κ1) is 21.8. The molecule has 1 fully saturated rings. The molecule has 2 atom stereocenters. The molecule has 1 heterocycles. The molecule has 164 valence electrons. The summed E-state index contributed by atoms with van der Waals surface area (Å²) in [5.41, 5.74) is 6.29. The predicted molar refractivity (Wildman–Crippen MR) is 124 cm³/mol. The van der Waals surface area contributed by atoms with Crippen molar-refractivity contribution in [2.45, 2.75) is 38.1 Å². The molecule has 0 aliphatic carbocycles. The lowest BCUT2D eigenvalue weighted by molar-refractivity contribution is -0.143. The van der Waals surface area contributed by atoms with E-state index in [-0.39, 0.29) is 5.91 Å². The summed E-state index contributed by atoms with van der Waals surface area (Å²) in [5.74, 6) is -0.658. The van der Waals surface area contributed by atoms with Crippen molar-refractivity contribution < 1.29 is 14.8 Å². The first-order chi connectivity index (χ1) is 15.4. The molecule has 1 saturated heterocycles. The number of nitrogens with one attached hydrogen (secondary N) is 1. The van der Waals surface area contributed by atoms with Gasteiger partial charge in [0, 0.05) is 13.0 Å². The van der Waals surface area contributed by atoms with Gasteiger partial charge in [-0.25, -0.2) is 5.48 Å². The molecule has 3 aromatic carbocycles. The van der Waals surface area contributed by atoms with Crippen molar-refractivity contribution in [1.29, 1.82) is 0 Å². The number of benzene rings is 3. The standard InChI is InChI=1S/C27H28N2O3/c1-19-8-14-23(15-9-19)27(2)16-17-29(26(27)31)24(25(30)28-32)18-20-10-12-22(13-11-20)21-6-4-3-5-7-21/h3-15,24,32H,16-18H2,1-2H3,(H,28,30). The summed E-state index contributed by atoms with van der Waals surface area (Å²) >= 11 is 0. The maximum absolute atomic E-state index is 13.5. The number of hydroxylamine groups is 1. The van der Waals surface area contributed by atoms with Gasteiger partial charge < -0.3 is 4.90 Å². The number of amides is 2. The van der Waals surface area contributed by atoms with Crippen molar-refractivity contribution in [3.8, 4) is 11.1 Å². The molecular weight excluding hydrogens is 400 g/mol. The second-order valence-electron chi connectivity index (χ2n) is 8.71. The Morgan fingerprint density at radius 1 is 1.00 bits per heavy atom. The third-order valence-corrected chi connectivity index (χ3v) is 6.55. The Kier molecular flexibility index (Phi) is 6.10. The fourth-order valence-electron chi connectivity index (χ4n) is 4.46. The molecule has 3 aromatic rings. The van der Waals surface area contributed by atoms with Crippen LogP contribution in [-0.4, -0.2) is 34.5 Å². The van der Waals surface area contributed by atoms with Crippen LogP contribution in [-0.2, 0) is 21.4 Å². The molecule has 1 aliphatic rings. The van der Waals surface area contributed by atoms with Crippen LogP contribution in [0.15, 0.2) is 78.9 Å². The molecule has 2 N–H and O–H groups in total. The largest absolute Gasteiger partial charge is 0.329 e. The van der Waals surface area contributed by atoms with Crippen molar-refractivity contribution in [3.05, 3.63) is 95.6 Å². The van der Waals surface area contributed by atoms with Crippen LogP contribution in [0.3, 0.4) is 0 Å². The van der Waals surface area contributed by atoms with Gasteiger partial charge in [0.25, 0.3) is 5.91 Å². The molecule has 0 saturated carbocycles. The highest BCUT2D eigenvalue weighted by Crippen LogP contribution is 2.37. The van der Waals surface area contributed by atoms with Gasteiger partial charge in [0.2, 0.25) is 5.91 Å². The molecule has 2 unspecified atom stereocenters. The summed E-state index contributed by atoms with van der Waals surface area (Å²) in [5, 5.41) is 9.36. The highest BCUT2D eigenvalue weighted by atomic mass is 16.5. The van der Waals surface area contributed by atoms with E-state index in [0.717, 1.165) is 27.8 Å². The number of hydrogen-bond donors (Lipinski definition) is 2. The molecular formula is C27H28N2O3. The van der Waals surface area contributed by atoms with Crippen molar-refractivity contribution in [2.24, 2.45) is 0 Å². The Bertz CT molecular complexity index is 1090. The molecule has 0 bridgehead atoms. The average molecular weight is 429 g/mol. The van der Waals surface area contributed by atoms with Crippen molar-refractivity contribution in [3.63, 3.8) is 0 Å². The van der Waals surface area contributed by atoms with E-state index >= 15 is 0 Å². The van der Waals surface area contributed by atoms with E-state index < -0.39 is 17.4 Å². The summed E-state index contributed by atoms with van der Waals surface area (Å²) in [6.07, 6.45) is 0.953. The van der Waals surface area contributed by atoms with Gasteiger partial charge in [-0.3, -0.25) is 14.8 Å². The lowest BCUT2D eigenvalue weighted by Crippen LogP contribution is -2.50. The second kappa shape index (κ2) is 8.97. The fourth-order valence-corrected chi connectivity index (χ4v) is 4.46. The van der Waals surface area contributed by atoms with Crippen LogP contribution in [0.1, 0.15) is 30.0 Å². The number of nitrogens with zero attached hydrogens (tertiary/aromatic N) is 1. The summed E-state index contributed by atoms with van der Waals surface area (Å²) < 4.78 is 0. The molecule has 4 rings (SSSR count). The topological polar surface area (TPSA) is 69.6 Å². The molecule has 2 amide bonds. The van der Waals surface area contributed by atoms with E-state index in [1.165, 1.54) is 0 Å². The molecule has 5 nitrogen and oxygen atoms in total. The van der Waals surface area contributed by atoms with Crippen LogP contribution in [0.2, 0.25) is 0 Å². The van der Waals surface area contributed by atoms with Crippen LogP contribution < -0.4 is 5.48 Å². The van der Waals surface area contributed by atoms with Gasteiger partial charge in [-0.15, -0.1) is 0 Å². The Balaban J connectivity index is 1.56. The number of aryl methyl sites for hydroxylation is 1. The Morgan fingerprint density at radius 2 is 1.62 bits per heavy atom. The van der Waals surface area contributed by atoms with E-state index in [0.29, 0.717) is 19.4 Å². The monoisotopic (exact) mass is 428 g/mol. The molecule has 0 spiro atoms. The molecule has 1 aliphatic heterocycles. The zero-order valence-electron chi connectivity index (χ0n) is 18.4. The van der Waals surface area contributed by atoms with Gasteiger partial charge in [0.15, 0.2) is 0 Å². The number of likely N-dealkylation sites (tertiary alicyclic amines) is 1. The zero-order valence-corrected chi connectivity index (χ0v) is 18.4. The van der Waals surface area contributed by atoms with Gasteiger partial charge in [-0.05, 0) is 42.5 Å². The number of rotatable bonds is 6. The van der Waals surface area contributed by atoms with E-state index in [1.54, 1.807) is 10.4 Å². The maximum Gasteiger partial charge on any atom is 0.266 e. The van der Waals surface area contributed by atoms with Crippen LogP contribution in [0.4, 0.5) is 0 Å². The molecule has 0 radical (unpaired) electrons. The van der Waals surface area contributed by atoms with Crippen molar-refractivity contribution in [1.82, 2.24) is 10.4 Å². The molecule has 5 heteroatoms. The lowest BCUT2D eigenvalue weighted by Gasteiger charge is -2.29. The van der Waals surface area contributed by atoms with Gasteiger partial charge in [0.05, 0.1) is 5.41 Å². The smallest absolute Gasteiger partial charge is 0.266 e. The Hall–Kier alpha value is -3.44. The summed E-state index contributed by atoms with van der Waals surface area (Å²) in [6, 6.07) is 25.2. The fraction of sp³-hybridized carbons (Fsp3) is 0.259. The van der Waals surface area contributed by atoms with Crippen molar-refractivity contribution >= 4 is 11.8 Å². The van der Waals surface area contributed by atoms with Crippen LogP contribution >= 0.6 is 0 Å². The third-order valence-electron chi connectivity index (χ3n) is 6.55. The predicted octanol–water partition coefficient (Wildman–Crippen LogP) is 4.27. The average Bonchev–Trinajstić information content (AvgIpc) is 3.13. The van der Waals surface area contributed by atoms with E-state index in [2.05, 4.69) is 0 Å². The minimum atomic E-state index is -0.776. The summed E-state index contributed by atoms with van der Waals surface area (Å²) in [4.78, 5) is 27.7. The van der Waals surface area contributed by atoms with Gasteiger partial charge in [-0.1, -0.05) is 84.4 Å². The second-order valence-corrected chi connectivity index (χ2v) is 8.71. The molecule has 0 aromatic heterocycles. The molecule has 32 heavy (non-hydrogen) atoms. The van der Waals surface area contributed by atoms with Crippen LogP contribution in [0, 0.1) is 6.92 Å². The third kappa shape index (κ3) is 4.16. The zero-order chi connectivity index (χ0) is 22.7. The summed E-state index contributed by atoms with van der Waals surface area (Å²) in [7, 11) is 0. The minimum Gasteiger partial charge on any atom is -0.329 e. The number of carbonyl (C=O) groups excluding carboxylic acids is 2. The van der Waals surface area contributed by atoms with E-state index in [4.69, 9.17) is 0 Å². The Labute approximate surface area is 188 Å². The first-order valence-electron chi connectivity index (χ1n) is 10.9. The minimum absolute atomic E-state index is 0.0872. The first-order valence-corrected chi connectivity index (χ1v) is 10.9.